The van der Waals surface area contributed by atoms with E-state index in [0.29, 0.717) is 17.0 Å². The molecule has 4 amide bonds. The molecule has 0 radical (unpaired) electrons. The van der Waals surface area contributed by atoms with E-state index < -0.39 is 18.0 Å². The predicted molar refractivity (Wildman–Crippen MR) is 107 cm³/mol. The third-order valence-corrected chi connectivity index (χ3v) is 4.85. The first-order chi connectivity index (χ1) is 14.0. The van der Waals surface area contributed by atoms with Crippen molar-refractivity contribution in [3.8, 4) is 5.75 Å². The Morgan fingerprint density at radius 2 is 2.00 bits per heavy atom. The number of nitrogens with zero attached hydrogens (tertiary/aromatic N) is 1. The van der Waals surface area contributed by atoms with Crippen LogP contribution in [-0.4, -0.2) is 40.9 Å². The molecule has 1 fully saturated rings. The zero-order valence-corrected chi connectivity index (χ0v) is 15.8. The summed E-state index contributed by atoms with van der Waals surface area (Å²) in [5.41, 5.74) is 2.31. The highest BCUT2D eigenvalue weighted by molar-refractivity contribution is 6.07. The number of aromatic nitrogens is 1. The van der Waals surface area contributed by atoms with E-state index in [2.05, 4.69) is 15.6 Å². The van der Waals surface area contributed by atoms with Crippen LogP contribution < -0.4 is 15.4 Å². The molecule has 1 aliphatic heterocycles. The van der Waals surface area contributed by atoms with Crippen LogP contribution in [0.3, 0.4) is 0 Å². The minimum atomic E-state index is -0.895. The van der Waals surface area contributed by atoms with Crippen molar-refractivity contribution in [1.82, 2.24) is 15.2 Å². The second kappa shape index (κ2) is 7.67. The Hall–Kier alpha value is -3.81. The van der Waals surface area contributed by atoms with Crippen molar-refractivity contribution in [2.24, 2.45) is 0 Å². The highest BCUT2D eigenvalue weighted by Gasteiger charge is 2.39. The molecule has 29 heavy (non-hydrogen) atoms. The molecule has 2 aromatic carbocycles. The monoisotopic (exact) mass is 392 g/mol. The van der Waals surface area contributed by atoms with Gasteiger partial charge in [-0.25, -0.2) is 4.79 Å². The van der Waals surface area contributed by atoms with Gasteiger partial charge < -0.3 is 20.4 Å². The van der Waals surface area contributed by atoms with E-state index in [1.165, 1.54) is 7.11 Å². The first kappa shape index (κ1) is 18.5. The van der Waals surface area contributed by atoms with Crippen molar-refractivity contribution >= 4 is 34.4 Å². The van der Waals surface area contributed by atoms with Crippen LogP contribution in [0.1, 0.15) is 12.0 Å². The van der Waals surface area contributed by atoms with Gasteiger partial charge in [-0.05, 0) is 30.3 Å². The topological polar surface area (TPSA) is 104 Å². The molecule has 3 aromatic rings. The number of nitrogens with one attached hydrogen (secondary N) is 3. The zero-order chi connectivity index (χ0) is 20.4. The maximum Gasteiger partial charge on any atom is 0.325 e. The summed E-state index contributed by atoms with van der Waals surface area (Å²) in [4.78, 5) is 41.5. The fourth-order valence-electron chi connectivity index (χ4n) is 3.40. The molecule has 4 rings (SSSR count). The Balaban J connectivity index is 1.41. The van der Waals surface area contributed by atoms with E-state index in [1.54, 1.807) is 18.2 Å². The van der Waals surface area contributed by atoms with Gasteiger partial charge in [0.15, 0.2) is 0 Å². The van der Waals surface area contributed by atoms with Crippen molar-refractivity contribution < 1.29 is 19.1 Å². The molecule has 2 heterocycles. The summed E-state index contributed by atoms with van der Waals surface area (Å²) in [5, 5.41) is 6.33. The number of hydrogen-bond acceptors (Lipinski definition) is 4. The van der Waals surface area contributed by atoms with Crippen molar-refractivity contribution in [2.75, 3.05) is 12.4 Å². The number of urea groups is 1. The third kappa shape index (κ3) is 3.77. The minimum Gasteiger partial charge on any atom is -0.496 e. The van der Waals surface area contributed by atoms with Gasteiger partial charge in [0.05, 0.1) is 20.1 Å². The van der Waals surface area contributed by atoms with E-state index >= 15 is 0 Å². The third-order valence-electron chi connectivity index (χ3n) is 4.85. The molecule has 1 atom stereocenters. The van der Waals surface area contributed by atoms with E-state index in [1.807, 2.05) is 36.5 Å². The highest BCUT2D eigenvalue weighted by atomic mass is 16.5. The van der Waals surface area contributed by atoms with E-state index in [9.17, 15) is 14.4 Å². The summed E-state index contributed by atoms with van der Waals surface area (Å²) < 4.78 is 5.27. The lowest BCUT2D eigenvalue weighted by Gasteiger charge is -2.15. The summed E-state index contributed by atoms with van der Waals surface area (Å²) in [6, 6.07) is 13.1. The zero-order valence-electron chi connectivity index (χ0n) is 15.8. The number of amides is 4. The standard InChI is InChI=1S/C21H20N4O4/c1-29-18-5-3-2-4-14(18)12-25-20(27)17(24-21(25)28)11-19(26)23-15-6-7-16-13(10-15)8-9-22-16/h2-10,17,22H,11-12H2,1H3,(H,23,26)(H,24,28). The second-order valence-corrected chi connectivity index (χ2v) is 6.77. The molecular weight excluding hydrogens is 372 g/mol. The number of H-pyrrole nitrogens is 1. The lowest BCUT2D eigenvalue weighted by atomic mass is 10.1. The van der Waals surface area contributed by atoms with Crippen LogP contribution >= 0.6 is 0 Å². The van der Waals surface area contributed by atoms with Gasteiger partial charge in [0.1, 0.15) is 11.8 Å². The Morgan fingerprint density at radius 3 is 2.83 bits per heavy atom. The van der Waals surface area contributed by atoms with Crippen LogP contribution in [0, 0.1) is 0 Å². The quantitative estimate of drug-likeness (QED) is 0.561. The SMILES string of the molecule is COc1ccccc1CN1C(=O)NC(CC(=O)Nc2ccc3[nH]ccc3c2)C1=O. The van der Waals surface area contributed by atoms with Gasteiger partial charge in [-0.1, -0.05) is 18.2 Å². The molecule has 0 bridgehead atoms. The fraction of sp³-hybridized carbons (Fsp3) is 0.190. The van der Waals surface area contributed by atoms with Crippen LogP contribution in [0.25, 0.3) is 10.9 Å². The molecule has 3 N–H and O–H groups in total. The van der Waals surface area contributed by atoms with Crippen molar-refractivity contribution in [1.29, 1.82) is 0 Å². The molecule has 0 saturated carbocycles. The summed E-state index contributed by atoms with van der Waals surface area (Å²) in [7, 11) is 1.53. The number of carbonyl (C=O) groups is 3. The first-order valence-electron chi connectivity index (χ1n) is 9.16. The van der Waals surface area contributed by atoms with Crippen LogP contribution in [0.2, 0.25) is 0 Å². The Kier molecular flexibility index (Phi) is 4.90. The van der Waals surface area contributed by atoms with Crippen molar-refractivity contribution in [3.05, 3.63) is 60.3 Å². The van der Waals surface area contributed by atoms with E-state index in [-0.39, 0.29) is 18.9 Å². The van der Waals surface area contributed by atoms with Gasteiger partial charge in [0, 0.05) is 28.4 Å². The number of para-hydroxylation sites is 1. The largest absolute Gasteiger partial charge is 0.496 e. The predicted octanol–water partition coefficient (Wildman–Crippen LogP) is 2.63. The summed E-state index contributed by atoms with van der Waals surface area (Å²) >= 11 is 0. The average molecular weight is 392 g/mol. The van der Waals surface area contributed by atoms with Crippen LogP contribution in [-0.2, 0) is 16.1 Å². The number of fused-ring (bicyclic) bond motifs is 1. The number of imide groups is 1. The molecule has 1 aromatic heterocycles. The van der Waals surface area contributed by atoms with Crippen LogP contribution in [0.15, 0.2) is 54.7 Å². The summed E-state index contributed by atoms with van der Waals surface area (Å²) in [6.07, 6.45) is 1.68. The fourth-order valence-corrected chi connectivity index (χ4v) is 3.40. The smallest absolute Gasteiger partial charge is 0.325 e. The number of carbonyl (C=O) groups excluding carboxylic acids is 3. The number of methoxy groups -OCH3 is 1. The highest BCUT2D eigenvalue weighted by Crippen LogP contribution is 2.22. The number of benzene rings is 2. The summed E-state index contributed by atoms with van der Waals surface area (Å²) in [5.74, 6) is -0.190. The molecular formula is C21H20N4O4. The molecule has 0 aliphatic carbocycles. The normalized spacial score (nSPS) is 16.2. The Labute approximate surface area is 166 Å². The van der Waals surface area contributed by atoms with E-state index in [4.69, 9.17) is 4.74 Å². The number of aromatic amines is 1. The number of anilines is 1. The lowest BCUT2D eigenvalue weighted by Crippen LogP contribution is -2.34. The first-order valence-corrected chi connectivity index (χ1v) is 9.16. The lowest BCUT2D eigenvalue weighted by molar-refractivity contribution is -0.130. The average Bonchev–Trinajstić information content (AvgIpc) is 3.28. The van der Waals surface area contributed by atoms with Crippen molar-refractivity contribution in [2.45, 2.75) is 19.0 Å². The molecule has 148 valence electrons. The van der Waals surface area contributed by atoms with Gasteiger partial charge in [0.2, 0.25) is 5.91 Å². The van der Waals surface area contributed by atoms with Gasteiger partial charge in [-0.15, -0.1) is 0 Å². The van der Waals surface area contributed by atoms with Gasteiger partial charge in [0.25, 0.3) is 5.91 Å². The number of rotatable bonds is 6. The Morgan fingerprint density at radius 1 is 1.17 bits per heavy atom. The number of hydrogen-bond donors (Lipinski definition) is 3. The van der Waals surface area contributed by atoms with Gasteiger partial charge in [-0.2, -0.15) is 0 Å². The van der Waals surface area contributed by atoms with E-state index in [0.717, 1.165) is 15.8 Å². The van der Waals surface area contributed by atoms with Crippen LogP contribution in [0.5, 0.6) is 5.75 Å². The molecule has 1 aliphatic rings. The molecule has 8 heteroatoms. The van der Waals surface area contributed by atoms with Gasteiger partial charge in [-0.3, -0.25) is 14.5 Å². The Bertz CT molecular complexity index is 1090. The molecule has 1 saturated heterocycles. The minimum absolute atomic E-state index is 0.0803. The van der Waals surface area contributed by atoms with Crippen molar-refractivity contribution in [3.63, 3.8) is 0 Å². The second-order valence-electron chi connectivity index (χ2n) is 6.77. The van der Waals surface area contributed by atoms with Gasteiger partial charge >= 0.3 is 6.03 Å². The maximum atomic E-state index is 12.7. The number of ether oxygens (including phenoxy) is 1. The molecule has 8 nitrogen and oxygen atoms in total. The van der Waals surface area contributed by atoms with Crippen LogP contribution in [0.4, 0.5) is 10.5 Å². The summed E-state index contributed by atoms with van der Waals surface area (Å²) in [6.45, 7) is 0.0803. The molecule has 0 spiro atoms. The maximum absolute atomic E-state index is 12.7. The molecule has 1 unspecified atom stereocenters.